The van der Waals surface area contributed by atoms with Crippen molar-refractivity contribution in [2.75, 3.05) is 13.6 Å². The van der Waals surface area contributed by atoms with Gasteiger partial charge in [-0.05, 0) is 48.5 Å². The van der Waals surface area contributed by atoms with Crippen LogP contribution in [0.3, 0.4) is 0 Å². The number of nitrogens with zero attached hydrogens (tertiary/aromatic N) is 2. The summed E-state index contributed by atoms with van der Waals surface area (Å²) in [5.74, 6) is 0.455. The minimum Gasteiger partial charge on any atom is -0.508 e. The second kappa shape index (κ2) is 11.0. The van der Waals surface area contributed by atoms with Crippen LogP contribution in [0.5, 0.6) is 5.75 Å². The third kappa shape index (κ3) is 6.15. The molecule has 0 bridgehead atoms. The molecule has 188 valence electrons. The maximum absolute atomic E-state index is 13.1. The van der Waals surface area contributed by atoms with Crippen molar-refractivity contribution in [2.45, 2.75) is 25.6 Å². The van der Waals surface area contributed by atoms with Crippen LogP contribution in [0.1, 0.15) is 28.6 Å². The van der Waals surface area contributed by atoms with Crippen LogP contribution in [0.25, 0.3) is 11.1 Å². The Morgan fingerprint density at radius 3 is 2.56 bits per heavy atom. The van der Waals surface area contributed by atoms with E-state index in [0.717, 1.165) is 5.56 Å². The fourth-order valence-electron chi connectivity index (χ4n) is 4.05. The number of aromatic nitrogens is 1. The molecule has 0 saturated heterocycles. The molecule has 1 atom stereocenters. The average Bonchev–Trinajstić information content (AvgIpc) is 3.27. The van der Waals surface area contributed by atoms with Crippen LogP contribution in [-0.4, -0.2) is 39.2 Å². The largest absolute Gasteiger partial charge is 0.508 e. The number of carbonyl (C=O) groups excluding carboxylic acids is 1. The maximum Gasteiger partial charge on any atom is 0.224 e. The molecular weight excluding hydrogens is 482 g/mol. The average molecular weight is 510 g/mol. The van der Waals surface area contributed by atoms with E-state index in [0.29, 0.717) is 52.6 Å². The summed E-state index contributed by atoms with van der Waals surface area (Å²) in [4.78, 5) is 27.4. The molecule has 1 amide bonds. The van der Waals surface area contributed by atoms with Gasteiger partial charge >= 0.3 is 0 Å². The molecule has 3 N–H and O–H groups in total. The number of aromatic hydroxyl groups is 1. The number of phenols is 1. The summed E-state index contributed by atoms with van der Waals surface area (Å²) >= 11 is 5.89. The van der Waals surface area contributed by atoms with Gasteiger partial charge in [-0.3, -0.25) is 14.5 Å². The molecule has 4 rings (SSSR count). The predicted octanol–water partition coefficient (Wildman–Crippen LogP) is 3.51. The van der Waals surface area contributed by atoms with Crippen molar-refractivity contribution in [1.29, 1.82) is 0 Å². The summed E-state index contributed by atoms with van der Waals surface area (Å²) in [6.45, 7) is 1.05. The number of aliphatic hydroxyl groups is 1. The van der Waals surface area contributed by atoms with E-state index in [9.17, 15) is 19.8 Å². The van der Waals surface area contributed by atoms with Gasteiger partial charge < -0.3 is 24.5 Å². The lowest BCUT2D eigenvalue weighted by Crippen LogP contribution is -2.27. The first-order valence-corrected chi connectivity index (χ1v) is 11.8. The molecule has 2 heterocycles. The number of carbonyl (C=O) groups is 1. The van der Waals surface area contributed by atoms with Crippen molar-refractivity contribution in [1.82, 2.24) is 14.8 Å². The molecule has 4 aromatic rings. The number of aryl methyl sites for hydroxylation is 1. The molecule has 2 aromatic carbocycles. The molecule has 36 heavy (non-hydrogen) atoms. The van der Waals surface area contributed by atoms with Gasteiger partial charge in [-0.2, -0.15) is 0 Å². The molecule has 0 aliphatic rings. The summed E-state index contributed by atoms with van der Waals surface area (Å²) in [6.07, 6.45) is 0.831. The Morgan fingerprint density at radius 2 is 1.86 bits per heavy atom. The Labute approximate surface area is 213 Å². The van der Waals surface area contributed by atoms with Crippen LogP contribution in [0.4, 0.5) is 0 Å². The summed E-state index contributed by atoms with van der Waals surface area (Å²) in [5.41, 5.74) is 2.16. The van der Waals surface area contributed by atoms with Gasteiger partial charge in [0.15, 0.2) is 5.43 Å². The molecule has 1 unspecified atom stereocenters. The van der Waals surface area contributed by atoms with Gasteiger partial charge in [0.2, 0.25) is 11.6 Å². The molecule has 2 aromatic heterocycles. The highest BCUT2D eigenvalue weighted by atomic mass is 35.5. The zero-order valence-corrected chi connectivity index (χ0v) is 20.8. The van der Waals surface area contributed by atoms with E-state index >= 15 is 0 Å². The number of rotatable bonds is 9. The number of likely N-dealkylation sites (N-methyl/N-ethyl adjacent to an activating group) is 1. The number of furan rings is 1. The molecule has 0 aliphatic heterocycles. The lowest BCUT2D eigenvalue weighted by atomic mass is 10.1. The highest BCUT2D eigenvalue weighted by molar-refractivity contribution is 6.30. The summed E-state index contributed by atoms with van der Waals surface area (Å²) in [6, 6.07) is 15.3. The van der Waals surface area contributed by atoms with Gasteiger partial charge in [-0.15, -0.1) is 0 Å². The molecule has 0 radical (unpaired) electrons. The number of hydrogen-bond acceptors (Lipinski definition) is 6. The predicted molar refractivity (Wildman–Crippen MR) is 138 cm³/mol. The van der Waals surface area contributed by atoms with E-state index in [2.05, 4.69) is 5.32 Å². The molecular formula is C27H28ClN3O5. The number of fused-ring (bicyclic) bond motifs is 1. The third-order valence-electron chi connectivity index (χ3n) is 5.91. The van der Waals surface area contributed by atoms with E-state index in [1.807, 2.05) is 24.1 Å². The minimum atomic E-state index is -0.746. The highest BCUT2D eigenvalue weighted by Crippen LogP contribution is 2.21. The number of nitrogens with one attached hydrogen (secondary N) is 1. The normalized spacial score (nSPS) is 12.2. The monoisotopic (exact) mass is 509 g/mol. The standard InChI is InChI=1S/C27H28ClN3O5/c1-30(16-24(33)18-5-9-21(32)10-6-18)15-22-12-23-26(35)19(14-31(2)27(23)36-22)11-25(34)29-13-17-3-7-20(28)8-4-17/h3-10,12,14,24,32-33H,11,13,15-16H2,1-2H3,(H,29,34). The fourth-order valence-corrected chi connectivity index (χ4v) is 4.18. The van der Waals surface area contributed by atoms with Gasteiger partial charge in [0.25, 0.3) is 0 Å². The van der Waals surface area contributed by atoms with Crippen molar-refractivity contribution >= 4 is 28.6 Å². The molecule has 0 spiro atoms. The van der Waals surface area contributed by atoms with E-state index in [-0.39, 0.29) is 23.5 Å². The Hall–Kier alpha value is -3.59. The Kier molecular flexibility index (Phi) is 7.79. The van der Waals surface area contributed by atoms with Crippen molar-refractivity contribution in [3.63, 3.8) is 0 Å². The van der Waals surface area contributed by atoms with Crippen molar-refractivity contribution in [3.05, 3.63) is 98.5 Å². The zero-order valence-electron chi connectivity index (χ0n) is 20.1. The van der Waals surface area contributed by atoms with Gasteiger partial charge in [-0.25, -0.2) is 0 Å². The Bertz CT molecular complexity index is 1410. The van der Waals surface area contributed by atoms with Crippen LogP contribution in [0.2, 0.25) is 5.02 Å². The summed E-state index contributed by atoms with van der Waals surface area (Å²) in [7, 11) is 3.60. The van der Waals surface area contributed by atoms with Crippen molar-refractivity contribution in [3.8, 4) is 5.75 Å². The highest BCUT2D eigenvalue weighted by Gasteiger charge is 2.17. The number of hydrogen-bond donors (Lipinski definition) is 3. The van der Waals surface area contributed by atoms with Crippen LogP contribution < -0.4 is 10.7 Å². The molecule has 0 fully saturated rings. The van der Waals surface area contributed by atoms with Crippen molar-refractivity contribution < 1.29 is 19.4 Å². The molecule has 8 nitrogen and oxygen atoms in total. The Balaban J connectivity index is 1.42. The van der Waals surface area contributed by atoms with E-state index < -0.39 is 6.10 Å². The second-order valence-electron chi connectivity index (χ2n) is 8.91. The van der Waals surface area contributed by atoms with E-state index in [1.54, 1.807) is 48.1 Å². The summed E-state index contributed by atoms with van der Waals surface area (Å²) in [5, 5.41) is 23.8. The SMILES string of the molecule is CN(Cc1cc2c(=O)c(CC(=O)NCc3ccc(Cl)cc3)cn(C)c2o1)CC(O)c1ccc(O)cc1. The first-order chi connectivity index (χ1) is 17.2. The fraction of sp³-hybridized carbons (Fsp3) is 0.259. The number of aliphatic hydroxyl groups excluding tert-OH is 1. The minimum absolute atomic E-state index is 0.0462. The van der Waals surface area contributed by atoms with E-state index in [1.165, 1.54) is 12.1 Å². The topological polar surface area (TPSA) is 108 Å². The number of benzene rings is 2. The quantitative estimate of drug-likeness (QED) is 0.319. The second-order valence-corrected chi connectivity index (χ2v) is 9.35. The first-order valence-electron chi connectivity index (χ1n) is 11.5. The molecule has 0 aliphatic carbocycles. The maximum atomic E-state index is 13.1. The Morgan fingerprint density at radius 1 is 1.17 bits per heavy atom. The lowest BCUT2D eigenvalue weighted by Gasteiger charge is -2.19. The van der Waals surface area contributed by atoms with Crippen LogP contribution in [-0.2, 0) is 31.4 Å². The number of pyridine rings is 1. The number of phenolic OH excluding ortho intramolecular Hbond substituents is 1. The first kappa shape index (κ1) is 25.5. The van der Waals surface area contributed by atoms with Crippen LogP contribution >= 0.6 is 11.6 Å². The lowest BCUT2D eigenvalue weighted by molar-refractivity contribution is -0.120. The molecule has 0 saturated carbocycles. The third-order valence-corrected chi connectivity index (χ3v) is 6.16. The summed E-state index contributed by atoms with van der Waals surface area (Å²) < 4.78 is 7.63. The zero-order chi connectivity index (χ0) is 25.8. The molecule has 9 heteroatoms. The van der Waals surface area contributed by atoms with Gasteiger partial charge in [0.05, 0.1) is 24.5 Å². The van der Waals surface area contributed by atoms with Gasteiger partial charge in [0.1, 0.15) is 11.5 Å². The van der Waals surface area contributed by atoms with Gasteiger partial charge in [0, 0.05) is 36.9 Å². The van der Waals surface area contributed by atoms with Gasteiger partial charge in [-0.1, -0.05) is 35.9 Å². The van der Waals surface area contributed by atoms with Crippen LogP contribution in [0, 0.1) is 0 Å². The van der Waals surface area contributed by atoms with Crippen molar-refractivity contribution in [2.24, 2.45) is 7.05 Å². The smallest absolute Gasteiger partial charge is 0.224 e. The van der Waals surface area contributed by atoms with Crippen LogP contribution in [0.15, 0.2) is 70.0 Å². The van der Waals surface area contributed by atoms with E-state index in [4.69, 9.17) is 16.0 Å². The number of halogens is 1. The number of amides is 1.